The summed E-state index contributed by atoms with van der Waals surface area (Å²) < 4.78 is 31.5. The molecule has 9 heteroatoms. The summed E-state index contributed by atoms with van der Waals surface area (Å²) in [7, 11) is 0. The zero-order valence-corrected chi connectivity index (χ0v) is 25.5. The fourth-order valence-corrected chi connectivity index (χ4v) is 8.62. The third-order valence-corrected chi connectivity index (χ3v) is 10.7. The Hall–Kier alpha value is -2.75. The molecule has 2 saturated carbocycles. The van der Waals surface area contributed by atoms with E-state index in [0.717, 1.165) is 25.7 Å². The molecule has 0 amide bonds. The van der Waals surface area contributed by atoms with Crippen LogP contribution in [0.15, 0.2) is 39.8 Å². The van der Waals surface area contributed by atoms with Gasteiger partial charge in [-0.3, -0.25) is 9.78 Å². The lowest BCUT2D eigenvalue weighted by atomic mass is 9.42. The fraction of sp³-hybridized carbons (Fsp3) is 0.667. The second kappa shape index (κ2) is 10.2. The van der Waals surface area contributed by atoms with Gasteiger partial charge in [0.25, 0.3) is 0 Å². The van der Waals surface area contributed by atoms with Crippen molar-refractivity contribution < 1.29 is 33.3 Å². The Labute approximate surface area is 246 Å². The van der Waals surface area contributed by atoms with E-state index in [9.17, 15) is 14.7 Å². The quantitative estimate of drug-likeness (QED) is 0.452. The van der Waals surface area contributed by atoms with Gasteiger partial charge in [-0.15, -0.1) is 0 Å². The molecule has 4 heterocycles. The summed E-state index contributed by atoms with van der Waals surface area (Å²) in [6.07, 6.45) is 5.31. The van der Waals surface area contributed by atoms with Crippen molar-refractivity contribution in [2.75, 3.05) is 6.61 Å². The maximum Gasteiger partial charge on any atom is 0.345 e. The number of carbonyl (C=O) groups is 1. The molecule has 2 aromatic heterocycles. The molecule has 2 aromatic rings. The zero-order chi connectivity index (χ0) is 30.1. The number of pyridine rings is 1. The number of nitrogens with zero attached hydrogens (tertiary/aromatic N) is 1. The lowest BCUT2D eigenvalue weighted by Crippen LogP contribution is -2.72. The second-order valence-corrected chi connectivity index (χ2v) is 13.8. The van der Waals surface area contributed by atoms with Crippen LogP contribution in [-0.2, 0) is 19.0 Å². The van der Waals surface area contributed by atoms with Crippen LogP contribution in [0.1, 0.15) is 91.7 Å². The smallest absolute Gasteiger partial charge is 0.345 e. The van der Waals surface area contributed by atoms with E-state index in [1.165, 1.54) is 0 Å². The van der Waals surface area contributed by atoms with Gasteiger partial charge in [0.2, 0.25) is 0 Å². The highest BCUT2D eigenvalue weighted by Crippen LogP contribution is 2.68. The van der Waals surface area contributed by atoms with Crippen molar-refractivity contribution in [2.45, 2.75) is 110 Å². The molecule has 6 rings (SSSR count). The molecule has 42 heavy (non-hydrogen) atoms. The van der Waals surface area contributed by atoms with Crippen LogP contribution in [0.25, 0.3) is 11.3 Å². The molecule has 0 radical (unpaired) electrons. The summed E-state index contributed by atoms with van der Waals surface area (Å²) in [6.45, 7) is 12.7. The first-order valence-electron chi connectivity index (χ1n) is 15.3. The minimum absolute atomic E-state index is 0.0385. The topological polar surface area (TPSA) is 117 Å². The van der Waals surface area contributed by atoms with Crippen molar-refractivity contribution in [3.8, 4) is 17.1 Å². The van der Waals surface area contributed by atoms with E-state index in [1.807, 2.05) is 27.7 Å². The Morgan fingerprint density at radius 1 is 1.19 bits per heavy atom. The highest BCUT2D eigenvalue weighted by atomic mass is 16.7. The average Bonchev–Trinajstić information content (AvgIpc) is 2.93. The molecule has 2 aliphatic carbocycles. The average molecular weight is 582 g/mol. The van der Waals surface area contributed by atoms with Crippen LogP contribution in [-0.4, -0.2) is 46.3 Å². The van der Waals surface area contributed by atoms with Gasteiger partial charge in [-0.1, -0.05) is 27.2 Å². The fourth-order valence-electron chi connectivity index (χ4n) is 8.62. The summed E-state index contributed by atoms with van der Waals surface area (Å²) in [5, 5.41) is 12.2. The van der Waals surface area contributed by atoms with Gasteiger partial charge in [0.05, 0.1) is 18.8 Å². The van der Waals surface area contributed by atoms with Crippen LogP contribution < -0.4 is 10.4 Å². The van der Waals surface area contributed by atoms with Crippen molar-refractivity contribution in [1.82, 2.24) is 4.98 Å². The normalized spacial score (nSPS) is 38.2. The molecule has 1 saturated heterocycles. The first-order chi connectivity index (χ1) is 19.8. The predicted octanol–water partition coefficient (Wildman–Crippen LogP) is 5.58. The van der Waals surface area contributed by atoms with E-state index in [0.29, 0.717) is 30.8 Å². The molecule has 228 valence electrons. The highest BCUT2D eigenvalue weighted by Gasteiger charge is 2.71. The van der Waals surface area contributed by atoms with Crippen LogP contribution in [0.5, 0.6) is 5.75 Å². The monoisotopic (exact) mass is 581 g/mol. The van der Waals surface area contributed by atoms with Crippen LogP contribution >= 0.6 is 0 Å². The number of carbonyl (C=O) groups excluding carboxylic acids is 1. The van der Waals surface area contributed by atoms with E-state index in [2.05, 4.69) is 18.8 Å². The van der Waals surface area contributed by atoms with E-state index >= 15 is 0 Å². The largest absolute Gasteiger partial charge is 0.482 e. The molecule has 8 atom stereocenters. The molecule has 0 aromatic carbocycles. The number of aliphatic hydroxyl groups excluding tert-OH is 1. The van der Waals surface area contributed by atoms with Gasteiger partial charge in [-0.25, -0.2) is 4.79 Å². The number of hydrogen-bond donors (Lipinski definition) is 1. The third kappa shape index (κ3) is 4.50. The summed E-state index contributed by atoms with van der Waals surface area (Å²) in [6, 6.07) is 5.19. The maximum absolute atomic E-state index is 13.5. The maximum atomic E-state index is 13.5. The molecule has 0 spiro atoms. The number of hydrogen-bond acceptors (Lipinski definition) is 9. The van der Waals surface area contributed by atoms with Crippen molar-refractivity contribution in [3.63, 3.8) is 0 Å². The van der Waals surface area contributed by atoms with Gasteiger partial charge in [-0.05, 0) is 69.9 Å². The Morgan fingerprint density at radius 2 is 1.98 bits per heavy atom. The van der Waals surface area contributed by atoms with Gasteiger partial charge < -0.3 is 28.5 Å². The SMILES string of the molecule is CCCCC(=O)O[C@H]1C[C@H]2[C@]3(C)COC(C)(C)O[C@H]3CC[C@]2(C)[C@H]2[C@@H](O)c3c(cc(-c4cccnc4)oc3=O)O[C@]12C. The Morgan fingerprint density at radius 3 is 2.69 bits per heavy atom. The summed E-state index contributed by atoms with van der Waals surface area (Å²) in [5.41, 5.74) is -1.90. The molecule has 0 unspecified atom stereocenters. The number of unbranched alkanes of at least 4 members (excludes halogenated alkanes) is 1. The number of fused-ring (bicyclic) bond motifs is 6. The lowest BCUT2D eigenvalue weighted by Gasteiger charge is -2.68. The lowest BCUT2D eigenvalue weighted by molar-refractivity contribution is -0.358. The van der Waals surface area contributed by atoms with Crippen molar-refractivity contribution >= 4 is 5.97 Å². The Kier molecular flexibility index (Phi) is 7.10. The van der Waals surface area contributed by atoms with Gasteiger partial charge >= 0.3 is 11.6 Å². The first-order valence-corrected chi connectivity index (χ1v) is 15.3. The molecular formula is C33H43NO8. The number of aliphatic hydroxyl groups is 1. The molecule has 4 aliphatic rings. The van der Waals surface area contributed by atoms with E-state index in [-0.39, 0.29) is 29.3 Å². The second-order valence-electron chi connectivity index (χ2n) is 13.8. The summed E-state index contributed by atoms with van der Waals surface area (Å²) >= 11 is 0. The molecule has 9 nitrogen and oxygen atoms in total. The van der Waals surface area contributed by atoms with E-state index < -0.39 is 46.0 Å². The predicted molar refractivity (Wildman–Crippen MR) is 154 cm³/mol. The van der Waals surface area contributed by atoms with Crippen LogP contribution in [0.4, 0.5) is 0 Å². The highest BCUT2D eigenvalue weighted by molar-refractivity contribution is 5.69. The summed E-state index contributed by atoms with van der Waals surface area (Å²) in [4.78, 5) is 30.8. The van der Waals surface area contributed by atoms with Gasteiger partial charge in [-0.2, -0.15) is 0 Å². The molecular weight excluding hydrogens is 538 g/mol. The minimum atomic E-state index is -1.19. The standard InChI is InChI=1S/C33H43NO8/c1-7-8-11-25(35)40-24-16-22-31(4,13-12-23-32(22,5)18-38-30(2,3)42-23)28-27(36)26-21(41-33(24,28)6)15-20(39-29(26)37)19-10-9-14-34-17-19/h9-10,14-15,17,22-24,27-28,36H,7-8,11-13,16,18H2,1-6H3/t22-,23+,24+,27+,28-,31+,32+,33-/m1/s1. The number of aromatic nitrogens is 1. The van der Waals surface area contributed by atoms with Crippen molar-refractivity contribution in [2.24, 2.45) is 22.7 Å². The zero-order valence-electron chi connectivity index (χ0n) is 25.5. The number of esters is 1. The van der Waals surface area contributed by atoms with Crippen LogP contribution in [0, 0.1) is 22.7 Å². The molecule has 0 bridgehead atoms. The first kappa shape index (κ1) is 29.3. The molecule has 1 N–H and O–H groups in total. The van der Waals surface area contributed by atoms with Crippen molar-refractivity contribution in [1.29, 1.82) is 0 Å². The Balaban J connectivity index is 1.46. The van der Waals surface area contributed by atoms with Crippen LogP contribution in [0.3, 0.4) is 0 Å². The summed E-state index contributed by atoms with van der Waals surface area (Å²) in [5.74, 6) is -1.02. The molecule has 2 aliphatic heterocycles. The van der Waals surface area contributed by atoms with Gasteiger partial charge in [0, 0.05) is 41.8 Å². The van der Waals surface area contributed by atoms with E-state index in [1.54, 1.807) is 30.6 Å². The van der Waals surface area contributed by atoms with E-state index in [4.69, 9.17) is 23.4 Å². The van der Waals surface area contributed by atoms with Crippen LogP contribution in [0.2, 0.25) is 0 Å². The number of rotatable bonds is 5. The van der Waals surface area contributed by atoms with Gasteiger partial charge in [0.15, 0.2) is 5.79 Å². The van der Waals surface area contributed by atoms with Crippen molar-refractivity contribution in [3.05, 3.63) is 46.6 Å². The number of ether oxygens (including phenoxy) is 4. The molecule has 3 fully saturated rings. The van der Waals surface area contributed by atoms with Gasteiger partial charge in [0.1, 0.15) is 28.8 Å². The third-order valence-electron chi connectivity index (χ3n) is 10.7. The minimum Gasteiger partial charge on any atom is -0.482 e. The Bertz CT molecular complexity index is 1410.